The molecular weight excluding hydrogens is 264 g/mol. The van der Waals surface area contributed by atoms with Crippen LogP contribution in [0.2, 0.25) is 0 Å². The first kappa shape index (κ1) is 29.2. The molecule has 0 bridgehead atoms. The van der Waals surface area contributed by atoms with Crippen LogP contribution in [0, 0.1) is 0 Å². The Bertz CT molecular complexity index is 218. The molecule has 0 aliphatic rings. The zero-order chi connectivity index (χ0) is 9.00. The average Bonchev–Trinajstić information content (AvgIpc) is 1.12. The van der Waals surface area contributed by atoms with E-state index in [0.29, 0.717) is 0 Å². The Hall–Kier alpha value is 0.920. The first-order valence-corrected chi connectivity index (χ1v) is 4.19. The molecule has 0 aromatic carbocycles. The van der Waals surface area contributed by atoms with Crippen molar-refractivity contribution in [1.29, 1.82) is 0 Å². The van der Waals surface area contributed by atoms with Crippen LogP contribution in [0.3, 0.4) is 0 Å². The molecule has 84 valence electrons. The van der Waals surface area contributed by atoms with Gasteiger partial charge < -0.3 is 13.8 Å². The first-order valence-electron chi connectivity index (χ1n) is 1.40. The molecule has 0 radical (unpaired) electrons. The SMILES string of the molecule is O.O.O=S(=O)(O)O.O=S(=O)(O)O.[Ca+2].[H-].[H-]. The minimum atomic E-state index is -4.67. The van der Waals surface area contributed by atoms with Crippen LogP contribution in [0.25, 0.3) is 0 Å². The Labute approximate surface area is 107 Å². The summed E-state index contributed by atoms with van der Waals surface area (Å²) in [4.78, 5) is 0. The van der Waals surface area contributed by atoms with E-state index in [1.54, 1.807) is 0 Å². The maximum Gasteiger partial charge on any atom is 2.00 e. The van der Waals surface area contributed by atoms with E-state index >= 15 is 0 Å². The predicted molar refractivity (Wildman–Crippen MR) is 43.6 cm³/mol. The molecule has 0 atom stereocenters. The molecule has 0 aliphatic carbocycles. The summed E-state index contributed by atoms with van der Waals surface area (Å²) in [6.45, 7) is 0. The third kappa shape index (κ3) is 1820. The van der Waals surface area contributed by atoms with Gasteiger partial charge in [0.15, 0.2) is 0 Å². The van der Waals surface area contributed by atoms with Crippen molar-refractivity contribution in [1.82, 2.24) is 0 Å². The smallest absolute Gasteiger partial charge is 1.00 e. The number of rotatable bonds is 0. The maximum atomic E-state index is 8.74. The summed E-state index contributed by atoms with van der Waals surface area (Å²) in [6, 6.07) is 0. The van der Waals surface area contributed by atoms with Crippen LogP contribution >= 0.6 is 0 Å². The second kappa shape index (κ2) is 11.0. The largest absolute Gasteiger partial charge is 2.00 e. The molecule has 0 rings (SSSR count). The van der Waals surface area contributed by atoms with Crippen molar-refractivity contribution in [2.75, 3.05) is 0 Å². The fourth-order valence-electron chi connectivity index (χ4n) is 0. The summed E-state index contributed by atoms with van der Waals surface area (Å²) in [7, 11) is -9.33. The third-order valence-electron chi connectivity index (χ3n) is 0. The fourth-order valence-corrected chi connectivity index (χ4v) is 0. The topological polar surface area (TPSA) is 212 Å². The van der Waals surface area contributed by atoms with E-state index in [0.717, 1.165) is 0 Å². The monoisotopic (exact) mass is 274 g/mol. The minimum Gasteiger partial charge on any atom is -1.00 e. The van der Waals surface area contributed by atoms with Crippen LogP contribution in [0.5, 0.6) is 0 Å². The summed E-state index contributed by atoms with van der Waals surface area (Å²) >= 11 is 0. The number of hydrogen-bond acceptors (Lipinski definition) is 4. The zero-order valence-electron chi connectivity index (χ0n) is 7.95. The van der Waals surface area contributed by atoms with Crippen LogP contribution in [0.1, 0.15) is 2.85 Å². The molecule has 0 aliphatic heterocycles. The van der Waals surface area contributed by atoms with Gasteiger partial charge in [-0.2, -0.15) is 16.8 Å². The molecule has 10 nitrogen and oxygen atoms in total. The van der Waals surface area contributed by atoms with Gasteiger partial charge in [0.25, 0.3) is 0 Å². The molecule has 13 heteroatoms. The van der Waals surface area contributed by atoms with Crippen LogP contribution in [-0.4, -0.2) is 83.7 Å². The minimum absolute atomic E-state index is 0. The zero-order valence-corrected chi connectivity index (χ0v) is 9.79. The van der Waals surface area contributed by atoms with Crippen molar-refractivity contribution in [3.8, 4) is 0 Å². The van der Waals surface area contributed by atoms with Gasteiger partial charge in [-0.15, -0.1) is 0 Å². The van der Waals surface area contributed by atoms with Gasteiger partial charge in [-0.1, -0.05) is 0 Å². The van der Waals surface area contributed by atoms with Gasteiger partial charge in [0.2, 0.25) is 0 Å². The van der Waals surface area contributed by atoms with Crippen molar-refractivity contribution < 1.29 is 48.9 Å². The van der Waals surface area contributed by atoms with Crippen molar-refractivity contribution in [3.63, 3.8) is 0 Å². The molecule has 0 saturated heterocycles. The summed E-state index contributed by atoms with van der Waals surface area (Å²) in [6.07, 6.45) is 0. The van der Waals surface area contributed by atoms with Crippen molar-refractivity contribution >= 4 is 58.5 Å². The van der Waals surface area contributed by atoms with Gasteiger partial charge in [-0.25, -0.2) is 0 Å². The van der Waals surface area contributed by atoms with E-state index in [2.05, 4.69) is 0 Å². The average molecular weight is 274 g/mol. The van der Waals surface area contributed by atoms with E-state index in [4.69, 9.17) is 35.0 Å². The summed E-state index contributed by atoms with van der Waals surface area (Å²) in [5.41, 5.74) is 0. The second-order valence-corrected chi connectivity index (χ2v) is 2.69. The van der Waals surface area contributed by atoms with Gasteiger partial charge in [0, 0.05) is 0 Å². The first-order chi connectivity index (χ1) is 4.00. The van der Waals surface area contributed by atoms with E-state index in [1.165, 1.54) is 0 Å². The Kier molecular flexibility index (Phi) is 24.7. The van der Waals surface area contributed by atoms with Crippen LogP contribution in [0.15, 0.2) is 0 Å². The second-order valence-electron chi connectivity index (χ2n) is 0.896. The molecule has 8 N–H and O–H groups in total. The van der Waals surface area contributed by atoms with Crippen molar-refractivity contribution in [2.45, 2.75) is 0 Å². The normalized spacial score (nSPS) is 8.92. The summed E-state index contributed by atoms with van der Waals surface area (Å²) in [5.74, 6) is 0. The maximum absolute atomic E-state index is 8.74. The molecular formula is H10CaO10S2. The standard InChI is InChI=1S/Ca.2H2O4S.2H2O.2H/c;2*1-5(2,3)4;;;;/h;2*(H2,1,2,3,4);2*1H2;;/q+2;;;;;2*-1. The Morgan fingerprint density at radius 1 is 0.692 bits per heavy atom. The Morgan fingerprint density at radius 2 is 0.692 bits per heavy atom. The van der Waals surface area contributed by atoms with Gasteiger partial charge in [-0.05, 0) is 0 Å². The molecule has 0 heterocycles. The quantitative estimate of drug-likeness (QED) is 0.261. The van der Waals surface area contributed by atoms with Crippen LogP contribution < -0.4 is 0 Å². The van der Waals surface area contributed by atoms with Crippen molar-refractivity contribution in [2.24, 2.45) is 0 Å². The molecule has 0 fully saturated rings. The number of hydrogen-bond donors (Lipinski definition) is 4. The van der Waals surface area contributed by atoms with Gasteiger partial charge in [0.1, 0.15) is 0 Å². The molecule has 13 heavy (non-hydrogen) atoms. The van der Waals surface area contributed by atoms with Gasteiger partial charge in [0.05, 0.1) is 0 Å². The molecule has 0 spiro atoms. The van der Waals surface area contributed by atoms with E-state index in [-0.39, 0.29) is 51.5 Å². The molecule has 0 unspecified atom stereocenters. The van der Waals surface area contributed by atoms with Crippen molar-refractivity contribution in [3.05, 3.63) is 0 Å². The summed E-state index contributed by atoms with van der Waals surface area (Å²) in [5, 5.41) is 0. The third-order valence-corrected chi connectivity index (χ3v) is 0. The Balaban J connectivity index is -0.0000000128. The van der Waals surface area contributed by atoms with Gasteiger partial charge >= 0.3 is 58.5 Å². The van der Waals surface area contributed by atoms with E-state index in [9.17, 15) is 0 Å². The predicted octanol–water partition coefficient (Wildman–Crippen LogP) is -3.11. The van der Waals surface area contributed by atoms with Gasteiger partial charge in [-0.3, -0.25) is 18.2 Å². The molecule has 0 amide bonds. The van der Waals surface area contributed by atoms with Crippen LogP contribution in [0.4, 0.5) is 0 Å². The van der Waals surface area contributed by atoms with E-state index in [1.807, 2.05) is 0 Å². The fraction of sp³-hybridized carbons (Fsp3) is 0. The molecule has 0 saturated carbocycles. The van der Waals surface area contributed by atoms with E-state index < -0.39 is 20.8 Å². The summed E-state index contributed by atoms with van der Waals surface area (Å²) < 4.78 is 63.2. The molecule has 0 aromatic rings. The van der Waals surface area contributed by atoms with Crippen LogP contribution in [-0.2, 0) is 20.8 Å². The Morgan fingerprint density at radius 3 is 0.692 bits per heavy atom. The molecule has 0 aromatic heterocycles.